The third kappa shape index (κ3) is 17.3. The molecule has 0 aromatic heterocycles. The molecular formula is C23H48O3. The molecule has 0 aromatic carbocycles. The molecule has 0 unspecified atom stereocenters. The van der Waals surface area contributed by atoms with Gasteiger partial charge in [-0.1, -0.05) is 97.8 Å². The fraction of sp³-hybridized carbons (Fsp3) is 1.00. The average Bonchev–Trinajstić information content (AvgIpc) is 2.64. The lowest BCUT2D eigenvalue weighted by Crippen LogP contribution is -2.37. The zero-order valence-electron chi connectivity index (χ0n) is 18.5. The fourth-order valence-electron chi connectivity index (χ4n) is 3.01. The van der Waals surface area contributed by atoms with Crippen LogP contribution in [-0.4, -0.2) is 25.8 Å². The Morgan fingerprint density at radius 3 is 0.962 bits per heavy atom. The molecule has 0 aromatic rings. The van der Waals surface area contributed by atoms with E-state index < -0.39 is 5.97 Å². The van der Waals surface area contributed by atoms with Gasteiger partial charge in [0, 0.05) is 6.92 Å². The summed E-state index contributed by atoms with van der Waals surface area (Å²) in [6.45, 7) is 10.9. The van der Waals surface area contributed by atoms with E-state index in [9.17, 15) is 0 Å². The van der Waals surface area contributed by atoms with Gasteiger partial charge < -0.3 is 14.2 Å². The van der Waals surface area contributed by atoms with Crippen molar-refractivity contribution in [3.8, 4) is 0 Å². The van der Waals surface area contributed by atoms with Crippen molar-refractivity contribution in [2.45, 2.75) is 130 Å². The molecule has 26 heavy (non-hydrogen) atoms. The second-order valence-electron chi connectivity index (χ2n) is 7.65. The Kier molecular flexibility index (Phi) is 19.5. The molecule has 3 heteroatoms. The van der Waals surface area contributed by atoms with Gasteiger partial charge in [-0.3, -0.25) is 0 Å². The van der Waals surface area contributed by atoms with Crippen molar-refractivity contribution in [2.75, 3.05) is 19.8 Å². The highest BCUT2D eigenvalue weighted by atomic mass is 16.9. The second kappa shape index (κ2) is 19.6. The Bertz CT molecular complexity index is 227. The number of hydrogen-bond acceptors (Lipinski definition) is 3. The molecule has 0 atom stereocenters. The van der Waals surface area contributed by atoms with Crippen molar-refractivity contribution in [1.29, 1.82) is 0 Å². The lowest BCUT2D eigenvalue weighted by molar-refractivity contribution is -0.370. The van der Waals surface area contributed by atoms with Gasteiger partial charge in [0.2, 0.25) is 0 Å². The molecule has 0 N–H and O–H groups in total. The first-order valence-corrected chi connectivity index (χ1v) is 11.6. The van der Waals surface area contributed by atoms with E-state index in [-0.39, 0.29) is 0 Å². The summed E-state index contributed by atoms with van der Waals surface area (Å²) in [4.78, 5) is 0. The molecule has 0 amide bonds. The summed E-state index contributed by atoms with van der Waals surface area (Å²) in [5.74, 6) is -0.861. The van der Waals surface area contributed by atoms with Gasteiger partial charge in [0.25, 0.3) is 5.97 Å². The highest BCUT2D eigenvalue weighted by Gasteiger charge is 2.26. The van der Waals surface area contributed by atoms with Crippen molar-refractivity contribution in [1.82, 2.24) is 0 Å². The third-order valence-corrected chi connectivity index (χ3v) is 4.84. The molecule has 3 nitrogen and oxygen atoms in total. The SMILES string of the molecule is CCCCCCCOC(C)(OCCCCCCC)OCCCCCCC. The molecule has 0 heterocycles. The highest BCUT2D eigenvalue weighted by Crippen LogP contribution is 2.18. The molecule has 0 aliphatic heterocycles. The molecule has 0 saturated heterocycles. The summed E-state index contributed by atoms with van der Waals surface area (Å²) in [6.07, 6.45) is 18.7. The van der Waals surface area contributed by atoms with Crippen LogP contribution in [0.2, 0.25) is 0 Å². The van der Waals surface area contributed by atoms with Crippen molar-refractivity contribution in [2.24, 2.45) is 0 Å². The van der Waals surface area contributed by atoms with Crippen LogP contribution in [0.4, 0.5) is 0 Å². The van der Waals surface area contributed by atoms with Gasteiger partial charge in [0.1, 0.15) is 0 Å². The standard InChI is InChI=1S/C23H48O3/c1-5-8-11-14-17-20-24-23(4,25-21-18-15-12-9-6-2)26-22-19-16-13-10-7-3/h5-22H2,1-4H3. The van der Waals surface area contributed by atoms with Crippen LogP contribution in [-0.2, 0) is 14.2 Å². The van der Waals surface area contributed by atoms with Gasteiger partial charge in [-0.2, -0.15) is 0 Å². The monoisotopic (exact) mass is 372 g/mol. The van der Waals surface area contributed by atoms with Gasteiger partial charge in [-0.25, -0.2) is 0 Å². The first-order valence-electron chi connectivity index (χ1n) is 11.6. The molecule has 0 aliphatic rings. The third-order valence-electron chi connectivity index (χ3n) is 4.84. The largest absolute Gasteiger partial charge is 0.328 e. The molecule has 0 saturated carbocycles. The van der Waals surface area contributed by atoms with E-state index in [0.29, 0.717) is 0 Å². The number of ether oxygens (including phenoxy) is 3. The van der Waals surface area contributed by atoms with Crippen molar-refractivity contribution < 1.29 is 14.2 Å². The normalized spacial score (nSPS) is 12.0. The number of unbranched alkanes of at least 4 members (excludes halogenated alkanes) is 12. The Labute approximate surface area is 164 Å². The summed E-state index contributed by atoms with van der Waals surface area (Å²) in [6, 6.07) is 0. The van der Waals surface area contributed by atoms with Crippen LogP contribution >= 0.6 is 0 Å². The lowest BCUT2D eigenvalue weighted by Gasteiger charge is -2.30. The smallest absolute Gasteiger partial charge is 0.279 e. The van der Waals surface area contributed by atoms with Crippen LogP contribution < -0.4 is 0 Å². The number of rotatable bonds is 21. The van der Waals surface area contributed by atoms with Gasteiger partial charge in [0.05, 0.1) is 19.8 Å². The molecule has 158 valence electrons. The van der Waals surface area contributed by atoms with E-state index in [1.54, 1.807) is 0 Å². The number of hydrogen-bond donors (Lipinski definition) is 0. The maximum Gasteiger partial charge on any atom is 0.279 e. The Morgan fingerprint density at radius 1 is 0.423 bits per heavy atom. The molecule has 0 bridgehead atoms. The van der Waals surface area contributed by atoms with E-state index in [4.69, 9.17) is 14.2 Å². The summed E-state index contributed by atoms with van der Waals surface area (Å²) in [5.41, 5.74) is 0. The van der Waals surface area contributed by atoms with Gasteiger partial charge in [-0.05, 0) is 19.3 Å². The molecule has 0 fully saturated rings. The lowest BCUT2D eigenvalue weighted by atomic mass is 10.2. The first-order chi connectivity index (χ1) is 12.7. The minimum absolute atomic E-state index is 0.728. The Balaban J connectivity index is 4.02. The maximum absolute atomic E-state index is 6.02. The zero-order valence-corrected chi connectivity index (χ0v) is 18.5. The summed E-state index contributed by atoms with van der Waals surface area (Å²) >= 11 is 0. The highest BCUT2D eigenvalue weighted by molar-refractivity contribution is 4.53. The molecule has 0 spiro atoms. The van der Waals surface area contributed by atoms with Crippen LogP contribution in [0, 0.1) is 0 Å². The van der Waals surface area contributed by atoms with Crippen molar-refractivity contribution in [3.63, 3.8) is 0 Å². The molecule has 0 radical (unpaired) electrons. The van der Waals surface area contributed by atoms with Crippen LogP contribution in [0.3, 0.4) is 0 Å². The average molecular weight is 373 g/mol. The van der Waals surface area contributed by atoms with E-state index >= 15 is 0 Å². The van der Waals surface area contributed by atoms with Gasteiger partial charge in [-0.15, -0.1) is 0 Å². The predicted molar refractivity (Wildman–Crippen MR) is 113 cm³/mol. The van der Waals surface area contributed by atoms with Crippen LogP contribution in [0.15, 0.2) is 0 Å². The fourth-order valence-corrected chi connectivity index (χ4v) is 3.01. The minimum atomic E-state index is -0.861. The van der Waals surface area contributed by atoms with E-state index in [1.165, 1.54) is 77.0 Å². The van der Waals surface area contributed by atoms with Crippen molar-refractivity contribution >= 4 is 0 Å². The Hall–Kier alpha value is -0.120. The Morgan fingerprint density at radius 2 is 0.692 bits per heavy atom. The maximum atomic E-state index is 6.02. The van der Waals surface area contributed by atoms with E-state index in [1.807, 2.05) is 6.92 Å². The summed E-state index contributed by atoms with van der Waals surface area (Å²) < 4.78 is 18.1. The zero-order chi connectivity index (χ0) is 19.3. The quantitative estimate of drug-likeness (QED) is 0.153. The first kappa shape index (κ1) is 25.9. The minimum Gasteiger partial charge on any atom is -0.328 e. The second-order valence-corrected chi connectivity index (χ2v) is 7.65. The van der Waals surface area contributed by atoms with Crippen LogP contribution in [0.5, 0.6) is 0 Å². The topological polar surface area (TPSA) is 27.7 Å². The van der Waals surface area contributed by atoms with E-state index in [0.717, 1.165) is 39.1 Å². The van der Waals surface area contributed by atoms with Gasteiger partial charge in [0.15, 0.2) is 0 Å². The molecule has 0 rings (SSSR count). The molecular weight excluding hydrogens is 324 g/mol. The van der Waals surface area contributed by atoms with Gasteiger partial charge >= 0.3 is 0 Å². The molecule has 0 aliphatic carbocycles. The predicted octanol–water partition coefficient (Wildman–Crippen LogP) is 7.62. The summed E-state index contributed by atoms with van der Waals surface area (Å²) in [5, 5.41) is 0. The van der Waals surface area contributed by atoms with E-state index in [2.05, 4.69) is 20.8 Å². The summed E-state index contributed by atoms with van der Waals surface area (Å²) in [7, 11) is 0. The van der Waals surface area contributed by atoms with Crippen LogP contribution in [0.1, 0.15) is 124 Å². The van der Waals surface area contributed by atoms with Crippen molar-refractivity contribution in [3.05, 3.63) is 0 Å². The van der Waals surface area contributed by atoms with Crippen LogP contribution in [0.25, 0.3) is 0 Å².